The number of methoxy groups -OCH3 is 1. The number of carbonyl (C=O) groups is 1. The van der Waals surface area contributed by atoms with Crippen LogP contribution in [0.3, 0.4) is 0 Å². The predicted octanol–water partition coefficient (Wildman–Crippen LogP) is 1.83. The van der Waals surface area contributed by atoms with Gasteiger partial charge in [0.05, 0.1) is 13.3 Å². The third kappa shape index (κ3) is 3.13. The zero-order valence-corrected chi connectivity index (χ0v) is 11.1. The first kappa shape index (κ1) is 13.1. The van der Waals surface area contributed by atoms with Crippen molar-refractivity contribution in [2.45, 2.75) is 12.8 Å². The van der Waals surface area contributed by atoms with Gasteiger partial charge in [-0.3, -0.25) is 9.48 Å². The lowest BCUT2D eigenvalue weighted by molar-refractivity contribution is 0.0983. The molecule has 0 atom stereocenters. The molecule has 19 heavy (non-hydrogen) atoms. The second kappa shape index (κ2) is 5.56. The van der Waals surface area contributed by atoms with Crippen molar-refractivity contribution in [3.8, 4) is 5.75 Å². The largest absolute Gasteiger partial charge is 0.497 e. The molecule has 0 aliphatic heterocycles. The molecule has 0 unspecified atom stereocenters. The molecule has 1 aromatic heterocycles. The van der Waals surface area contributed by atoms with Gasteiger partial charge in [0.25, 0.3) is 0 Å². The van der Waals surface area contributed by atoms with Crippen molar-refractivity contribution in [1.29, 1.82) is 0 Å². The summed E-state index contributed by atoms with van der Waals surface area (Å²) in [5.74, 6) is 0.685. The van der Waals surface area contributed by atoms with Crippen molar-refractivity contribution in [1.82, 2.24) is 9.78 Å². The van der Waals surface area contributed by atoms with Crippen LogP contribution in [-0.4, -0.2) is 22.7 Å². The maximum absolute atomic E-state index is 12.1. The summed E-state index contributed by atoms with van der Waals surface area (Å²) in [7, 11) is 3.42. The molecule has 5 nitrogen and oxygen atoms in total. The van der Waals surface area contributed by atoms with Crippen molar-refractivity contribution in [3.05, 3.63) is 41.7 Å². The van der Waals surface area contributed by atoms with Crippen LogP contribution in [0, 0.1) is 0 Å². The number of hydrogen-bond donors (Lipinski definition) is 1. The smallest absolute Gasteiger partial charge is 0.165 e. The van der Waals surface area contributed by atoms with Crippen molar-refractivity contribution >= 4 is 11.5 Å². The lowest BCUT2D eigenvalue weighted by Gasteiger charge is -2.06. The van der Waals surface area contributed by atoms with E-state index < -0.39 is 0 Å². The van der Waals surface area contributed by atoms with Crippen molar-refractivity contribution in [2.75, 3.05) is 12.8 Å². The van der Waals surface area contributed by atoms with Gasteiger partial charge >= 0.3 is 0 Å². The number of aryl methyl sites for hydroxylation is 2. The fraction of sp³-hybridized carbons (Fsp3) is 0.286. The molecule has 2 rings (SSSR count). The minimum atomic E-state index is 0.0315. The molecule has 0 fully saturated rings. The summed E-state index contributed by atoms with van der Waals surface area (Å²) in [6.07, 6.45) is 4.76. The van der Waals surface area contributed by atoms with Gasteiger partial charge in [-0.1, -0.05) is 0 Å². The first-order chi connectivity index (χ1) is 9.10. The van der Waals surface area contributed by atoms with Crippen LogP contribution in [-0.2, 0) is 13.5 Å². The molecule has 1 heterocycles. The number of nitrogens with two attached hydrogens (primary N) is 1. The lowest BCUT2D eigenvalue weighted by atomic mass is 10.0. The van der Waals surface area contributed by atoms with Gasteiger partial charge < -0.3 is 10.5 Å². The second-order valence-electron chi connectivity index (χ2n) is 4.40. The number of ether oxygens (including phenoxy) is 1. The summed E-state index contributed by atoms with van der Waals surface area (Å²) >= 11 is 0. The van der Waals surface area contributed by atoms with Gasteiger partial charge in [0.2, 0.25) is 0 Å². The number of ketones is 1. The van der Waals surface area contributed by atoms with Crippen LogP contribution in [0.2, 0.25) is 0 Å². The van der Waals surface area contributed by atoms with E-state index in [0.29, 0.717) is 29.8 Å². The molecule has 0 saturated carbocycles. The maximum atomic E-state index is 12.1. The Balaban J connectivity index is 2.03. The molecule has 0 saturated heterocycles. The number of rotatable bonds is 5. The highest BCUT2D eigenvalue weighted by Gasteiger charge is 2.11. The van der Waals surface area contributed by atoms with Crippen LogP contribution in [0.25, 0.3) is 0 Å². The fourth-order valence-electron chi connectivity index (χ4n) is 1.92. The van der Waals surface area contributed by atoms with Gasteiger partial charge in [-0.15, -0.1) is 0 Å². The third-order valence-corrected chi connectivity index (χ3v) is 2.96. The normalized spacial score (nSPS) is 10.4. The van der Waals surface area contributed by atoms with Gasteiger partial charge in [0.1, 0.15) is 5.75 Å². The van der Waals surface area contributed by atoms with E-state index in [9.17, 15) is 4.79 Å². The molecule has 2 aromatic rings. The van der Waals surface area contributed by atoms with Gasteiger partial charge in [0, 0.05) is 37.0 Å². The van der Waals surface area contributed by atoms with Crippen LogP contribution in [0.5, 0.6) is 5.75 Å². The minimum Gasteiger partial charge on any atom is -0.497 e. The second-order valence-corrected chi connectivity index (χ2v) is 4.40. The Kier molecular flexibility index (Phi) is 3.85. The average Bonchev–Trinajstić information content (AvgIpc) is 2.81. The molecule has 0 amide bonds. The molecule has 100 valence electrons. The van der Waals surface area contributed by atoms with E-state index in [-0.39, 0.29) is 5.78 Å². The quantitative estimate of drug-likeness (QED) is 0.657. The number of nitrogen functional groups attached to an aromatic ring is 1. The number of carbonyl (C=O) groups excluding carboxylic acids is 1. The van der Waals surface area contributed by atoms with Gasteiger partial charge in [-0.2, -0.15) is 5.10 Å². The van der Waals surface area contributed by atoms with Crippen molar-refractivity contribution in [2.24, 2.45) is 7.05 Å². The Morgan fingerprint density at radius 3 is 2.84 bits per heavy atom. The Morgan fingerprint density at radius 1 is 1.47 bits per heavy atom. The third-order valence-electron chi connectivity index (χ3n) is 2.96. The molecule has 0 radical (unpaired) electrons. The highest BCUT2D eigenvalue weighted by Crippen LogP contribution is 2.21. The Hall–Kier alpha value is -2.30. The molecule has 5 heteroatoms. The van der Waals surface area contributed by atoms with E-state index in [1.54, 1.807) is 36.2 Å². The summed E-state index contributed by atoms with van der Waals surface area (Å²) < 4.78 is 6.78. The number of Topliss-reactive ketones (excluding diaryl/α,β-unsaturated/α-hetero) is 1. The fourth-order valence-corrected chi connectivity index (χ4v) is 1.92. The van der Waals surface area contributed by atoms with E-state index in [4.69, 9.17) is 10.5 Å². The zero-order chi connectivity index (χ0) is 13.8. The average molecular weight is 259 g/mol. The molecule has 0 spiro atoms. The predicted molar refractivity (Wildman–Crippen MR) is 73.3 cm³/mol. The van der Waals surface area contributed by atoms with E-state index in [2.05, 4.69) is 5.10 Å². The summed E-state index contributed by atoms with van der Waals surface area (Å²) in [4.78, 5) is 12.1. The van der Waals surface area contributed by atoms with E-state index >= 15 is 0 Å². The first-order valence-corrected chi connectivity index (χ1v) is 6.04. The summed E-state index contributed by atoms with van der Waals surface area (Å²) in [5.41, 5.74) is 7.90. The van der Waals surface area contributed by atoms with Crippen molar-refractivity contribution < 1.29 is 9.53 Å². The Bertz CT molecular complexity index is 590. The van der Waals surface area contributed by atoms with Gasteiger partial charge in [-0.05, 0) is 24.1 Å². The van der Waals surface area contributed by atoms with E-state index in [1.165, 1.54) is 0 Å². The Labute approximate surface area is 112 Å². The number of aromatic nitrogens is 2. The number of benzene rings is 1. The number of anilines is 1. The van der Waals surface area contributed by atoms with Crippen LogP contribution in [0.1, 0.15) is 22.3 Å². The highest BCUT2D eigenvalue weighted by atomic mass is 16.5. The molecule has 0 aliphatic rings. The maximum Gasteiger partial charge on any atom is 0.165 e. The summed E-state index contributed by atoms with van der Waals surface area (Å²) in [6.45, 7) is 0. The van der Waals surface area contributed by atoms with Crippen molar-refractivity contribution in [3.63, 3.8) is 0 Å². The standard InChI is InChI=1S/C14H17N3O2/c1-17-9-10(8-16-17)3-6-14(18)12-5-4-11(19-2)7-13(12)15/h4-5,7-9H,3,6,15H2,1-2H3. The number of nitrogens with zero attached hydrogens (tertiary/aromatic N) is 2. The first-order valence-electron chi connectivity index (χ1n) is 6.04. The van der Waals surface area contributed by atoms with Gasteiger partial charge in [-0.25, -0.2) is 0 Å². The van der Waals surface area contributed by atoms with E-state index in [1.807, 2.05) is 13.2 Å². The highest BCUT2D eigenvalue weighted by molar-refractivity contribution is 6.01. The van der Waals surface area contributed by atoms with Crippen LogP contribution in [0.4, 0.5) is 5.69 Å². The monoisotopic (exact) mass is 259 g/mol. The molecule has 0 bridgehead atoms. The molecular weight excluding hydrogens is 242 g/mol. The van der Waals surface area contributed by atoms with Crippen LogP contribution >= 0.6 is 0 Å². The zero-order valence-electron chi connectivity index (χ0n) is 11.1. The minimum absolute atomic E-state index is 0.0315. The molecule has 1 aromatic carbocycles. The van der Waals surface area contributed by atoms with Crippen LogP contribution < -0.4 is 10.5 Å². The number of hydrogen-bond acceptors (Lipinski definition) is 4. The summed E-state index contributed by atoms with van der Waals surface area (Å²) in [5, 5.41) is 4.07. The SMILES string of the molecule is COc1ccc(C(=O)CCc2cnn(C)c2)c(N)c1. The van der Waals surface area contributed by atoms with Crippen LogP contribution in [0.15, 0.2) is 30.6 Å². The topological polar surface area (TPSA) is 70.1 Å². The Morgan fingerprint density at radius 2 is 2.26 bits per heavy atom. The van der Waals surface area contributed by atoms with E-state index in [0.717, 1.165) is 5.56 Å². The lowest BCUT2D eigenvalue weighted by Crippen LogP contribution is -2.05. The molecule has 0 aliphatic carbocycles. The molecular formula is C14H17N3O2. The summed E-state index contributed by atoms with van der Waals surface area (Å²) in [6, 6.07) is 5.12. The van der Waals surface area contributed by atoms with Gasteiger partial charge in [0.15, 0.2) is 5.78 Å². The molecule has 2 N–H and O–H groups in total.